The smallest absolute Gasteiger partial charge is 0.417 e. The first-order valence-corrected chi connectivity index (χ1v) is 11.1. The van der Waals surface area contributed by atoms with E-state index in [-0.39, 0.29) is 36.4 Å². The lowest BCUT2D eigenvalue weighted by Gasteiger charge is -2.39. The summed E-state index contributed by atoms with van der Waals surface area (Å²) in [5.74, 6) is 0.0287. The van der Waals surface area contributed by atoms with E-state index in [1.54, 1.807) is 0 Å². The van der Waals surface area contributed by atoms with Crippen molar-refractivity contribution in [2.45, 2.75) is 50.7 Å². The van der Waals surface area contributed by atoms with Crippen LogP contribution in [0.1, 0.15) is 56.2 Å². The Bertz CT molecular complexity index is 928. The molecule has 164 valence electrons. The van der Waals surface area contributed by atoms with Gasteiger partial charge in [0, 0.05) is 18.1 Å². The molecule has 6 heteroatoms. The van der Waals surface area contributed by atoms with Gasteiger partial charge in [-0.2, -0.15) is 0 Å². The number of hydrogen-bond acceptors (Lipinski definition) is 4. The van der Waals surface area contributed by atoms with Crippen LogP contribution < -0.4 is 0 Å². The predicted octanol–water partition coefficient (Wildman–Crippen LogP) is 5.74. The number of benzene rings is 2. The zero-order chi connectivity index (χ0) is 22.0. The first-order valence-electron chi connectivity index (χ1n) is 10.8. The maximum absolute atomic E-state index is 13.5. The van der Waals surface area contributed by atoms with Crippen molar-refractivity contribution in [2.24, 2.45) is 5.92 Å². The van der Waals surface area contributed by atoms with Crippen LogP contribution in [-0.2, 0) is 14.3 Å². The Kier molecular flexibility index (Phi) is 6.35. The number of ether oxygens (including phenoxy) is 2. The van der Waals surface area contributed by atoms with E-state index >= 15 is 0 Å². The third-order valence-corrected chi connectivity index (χ3v) is 6.58. The molecule has 5 nitrogen and oxygen atoms in total. The fourth-order valence-corrected chi connectivity index (χ4v) is 4.92. The predicted molar refractivity (Wildman–Crippen MR) is 119 cm³/mol. The molecule has 2 aromatic carbocycles. The molecule has 1 unspecified atom stereocenters. The molecule has 2 fully saturated rings. The highest BCUT2D eigenvalue weighted by atomic mass is 35.5. The van der Waals surface area contributed by atoms with Crippen molar-refractivity contribution in [3.63, 3.8) is 0 Å². The van der Waals surface area contributed by atoms with Gasteiger partial charge < -0.3 is 9.47 Å². The summed E-state index contributed by atoms with van der Waals surface area (Å²) in [6.45, 7) is 5.02. The van der Waals surface area contributed by atoms with Crippen LogP contribution in [0.25, 0.3) is 0 Å². The van der Waals surface area contributed by atoms with E-state index in [1.165, 1.54) is 4.90 Å². The second-order valence-electron chi connectivity index (χ2n) is 8.99. The Labute approximate surface area is 188 Å². The van der Waals surface area contributed by atoms with Crippen molar-refractivity contribution in [3.8, 4) is 0 Å². The van der Waals surface area contributed by atoms with Crippen LogP contribution in [0.4, 0.5) is 4.79 Å². The van der Waals surface area contributed by atoms with Crippen LogP contribution in [-0.4, -0.2) is 35.7 Å². The van der Waals surface area contributed by atoms with Crippen molar-refractivity contribution in [1.29, 1.82) is 0 Å². The highest BCUT2D eigenvalue weighted by Crippen LogP contribution is 2.41. The van der Waals surface area contributed by atoms with Crippen molar-refractivity contribution >= 4 is 23.6 Å². The van der Waals surface area contributed by atoms with Crippen LogP contribution in [0.2, 0.25) is 5.02 Å². The van der Waals surface area contributed by atoms with E-state index in [9.17, 15) is 9.59 Å². The number of imide groups is 1. The monoisotopic (exact) mass is 441 g/mol. The van der Waals surface area contributed by atoms with Crippen molar-refractivity contribution in [3.05, 3.63) is 70.7 Å². The standard InChI is InChI=1S/C25H28ClNO4/c1-25(2)15-19(12-13-31-25)21(17-8-10-20(26)11-9-17)14-23(28)27-22(16-30-24(27)29)18-6-4-3-5-7-18/h3-11,19,21-22H,12-16H2,1-2H3/t19-,21?,22+/m1/s1. The largest absolute Gasteiger partial charge is 0.446 e. The maximum Gasteiger partial charge on any atom is 0.417 e. The minimum absolute atomic E-state index is 0.0298. The number of cyclic esters (lactones) is 1. The minimum Gasteiger partial charge on any atom is -0.446 e. The number of rotatable bonds is 5. The molecule has 2 aromatic rings. The molecule has 2 saturated heterocycles. The molecule has 2 amide bonds. The van der Waals surface area contributed by atoms with Crippen LogP contribution in [0.15, 0.2) is 54.6 Å². The molecule has 0 bridgehead atoms. The topological polar surface area (TPSA) is 55.8 Å². The van der Waals surface area contributed by atoms with Gasteiger partial charge in [-0.3, -0.25) is 4.79 Å². The molecule has 0 N–H and O–H groups in total. The van der Waals surface area contributed by atoms with Gasteiger partial charge in [-0.25, -0.2) is 9.69 Å². The average Bonchev–Trinajstić information content (AvgIpc) is 3.14. The summed E-state index contributed by atoms with van der Waals surface area (Å²) in [5.41, 5.74) is 1.72. The first-order chi connectivity index (χ1) is 14.8. The van der Waals surface area contributed by atoms with Gasteiger partial charge in [0.1, 0.15) is 12.6 Å². The zero-order valence-electron chi connectivity index (χ0n) is 17.9. The lowest BCUT2D eigenvalue weighted by molar-refractivity contribution is -0.131. The van der Waals surface area contributed by atoms with E-state index in [2.05, 4.69) is 13.8 Å². The summed E-state index contributed by atoms with van der Waals surface area (Å²) < 4.78 is 11.2. The molecule has 0 aromatic heterocycles. The Balaban J connectivity index is 1.60. The van der Waals surface area contributed by atoms with Crippen LogP contribution >= 0.6 is 11.6 Å². The molecule has 2 aliphatic rings. The number of halogens is 1. The second kappa shape index (κ2) is 9.01. The van der Waals surface area contributed by atoms with Crippen molar-refractivity contribution in [1.82, 2.24) is 4.90 Å². The van der Waals surface area contributed by atoms with Gasteiger partial charge >= 0.3 is 6.09 Å². The number of hydrogen-bond donors (Lipinski definition) is 0. The molecule has 31 heavy (non-hydrogen) atoms. The summed E-state index contributed by atoms with van der Waals surface area (Å²) in [5, 5.41) is 0.661. The summed E-state index contributed by atoms with van der Waals surface area (Å²) >= 11 is 6.11. The van der Waals surface area contributed by atoms with Crippen molar-refractivity contribution < 1.29 is 19.1 Å². The Morgan fingerprint density at radius 1 is 1.16 bits per heavy atom. The summed E-state index contributed by atoms with van der Waals surface area (Å²) in [6, 6.07) is 16.9. The lowest BCUT2D eigenvalue weighted by atomic mass is 9.75. The molecular weight excluding hydrogens is 414 g/mol. The fraction of sp³-hybridized carbons (Fsp3) is 0.440. The van der Waals surface area contributed by atoms with Gasteiger partial charge in [0.2, 0.25) is 5.91 Å². The summed E-state index contributed by atoms with van der Waals surface area (Å²) in [4.78, 5) is 27.2. The quantitative estimate of drug-likeness (QED) is 0.593. The highest BCUT2D eigenvalue weighted by Gasteiger charge is 2.41. The van der Waals surface area contributed by atoms with Gasteiger partial charge in [0.15, 0.2) is 0 Å². The van der Waals surface area contributed by atoms with Gasteiger partial charge in [0.05, 0.1) is 5.60 Å². The van der Waals surface area contributed by atoms with E-state index in [0.717, 1.165) is 24.0 Å². The Morgan fingerprint density at radius 3 is 2.55 bits per heavy atom. The van der Waals surface area contributed by atoms with Gasteiger partial charge in [-0.15, -0.1) is 0 Å². The number of nitrogens with zero attached hydrogens (tertiary/aromatic N) is 1. The molecule has 2 aliphatic heterocycles. The number of amides is 2. The molecule has 0 aliphatic carbocycles. The number of carbonyl (C=O) groups is 2. The first kappa shape index (κ1) is 21.8. The molecule has 4 rings (SSSR count). The van der Waals surface area contributed by atoms with Gasteiger partial charge in [-0.1, -0.05) is 54.1 Å². The lowest BCUT2D eigenvalue weighted by Crippen LogP contribution is -2.39. The summed E-state index contributed by atoms with van der Waals surface area (Å²) in [6.07, 6.45) is 1.39. The molecule has 0 saturated carbocycles. The summed E-state index contributed by atoms with van der Waals surface area (Å²) in [7, 11) is 0. The highest BCUT2D eigenvalue weighted by molar-refractivity contribution is 6.30. The fourth-order valence-electron chi connectivity index (χ4n) is 4.79. The molecular formula is C25H28ClNO4. The van der Waals surface area contributed by atoms with Crippen LogP contribution in [0.3, 0.4) is 0 Å². The minimum atomic E-state index is -0.569. The molecule has 3 atom stereocenters. The third-order valence-electron chi connectivity index (χ3n) is 6.32. The van der Waals surface area contributed by atoms with E-state index in [1.807, 2.05) is 54.6 Å². The average molecular weight is 442 g/mol. The number of carbonyl (C=O) groups excluding carboxylic acids is 2. The van der Waals surface area contributed by atoms with E-state index in [4.69, 9.17) is 21.1 Å². The Morgan fingerprint density at radius 2 is 1.87 bits per heavy atom. The maximum atomic E-state index is 13.5. The van der Waals surface area contributed by atoms with Gasteiger partial charge in [0.25, 0.3) is 0 Å². The van der Waals surface area contributed by atoms with E-state index in [0.29, 0.717) is 11.6 Å². The second-order valence-corrected chi connectivity index (χ2v) is 9.43. The van der Waals surface area contributed by atoms with Gasteiger partial charge in [-0.05, 0) is 61.8 Å². The van der Waals surface area contributed by atoms with Crippen LogP contribution in [0, 0.1) is 5.92 Å². The SMILES string of the molecule is CC1(C)C[C@H](C(CC(=O)N2C(=O)OC[C@H]2c2ccccc2)c2ccc(Cl)cc2)CCO1. The van der Waals surface area contributed by atoms with E-state index < -0.39 is 12.1 Å². The van der Waals surface area contributed by atoms with Crippen LogP contribution in [0.5, 0.6) is 0 Å². The third kappa shape index (κ3) is 4.94. The normalized spacial score (nSPS) is 24.0. The van der Waals surface area contributed by atoms with Crippen molar-refractivity contribution in [2.75, 3.05) is 13.2 Å². The molecule has 2 heterocycles. The zero-order valence-corrected chi connectivity index (χ0v) is 18.7. The Hall–Kier alpha value is -2.37. The molecule has 0 radical (unpaired) electrons. The molecule has 0 spiro atoms.